The molecule has 1 saturated heterocycles. The lowest BCUT2D eigenvalue weighted by molar-refractivity contribution is -0.135. The smallest absolute Gasteiger partial charge is 0.323 e. The van der Waals surface area contributed by atoms with Crippen LogP contribution in [0.15, 0.2) is 12.4 Å². The van der Waals surface area contributed by atoms with E-state index < -0.39 is 5.97 Å². The van der Waals surface area contributed by atoms with Crippen LogP contribution < -0.4 is 4.90 Å². The highest BCUT2D eigenvalue weighted by atomic mass is 16.4. The van der Waals surface area contributed by atoms with Crippen molar-refractivity contribution in [2.24, 2.45) is 0 Å². The molecule has 20 heavy (non-hydrogen) atoms. The lowest BCUT2D eigenvalue weighted by Gasteiger charge is -2.23. The van der Waals surface area contributed by atoms with Gasteiger partial charge in [-0.25, -0.2) is 9.97 Å². The summed E-state index contributed by atoms with van der Waals surface area (Å²) in [5.74, 6) is -0.437. The van der Waals surface area contributed by atoms with E-state index in [2.05, 4.69) is 21.8 Å². The standard InChI is InChI=1S/C14H22N4O2/c1-3-12-5-4-6-18(12)9-11-7-15-14(16-8-11)17(2)10-13(19)20/h7-8,12H,3-6,9-10H2,1-2H3,(H,19,20). The van der Waals surface area contributed by atoms with Gasteiger partial charge in [0.05, 0.1) is 0 Å². The minimum Gasteiger partial charge on any atom is -0.480 e. The monoisotopic (exact) mass is 278 g/mol. The van der Waals surface area contributed by atoms with Gasteiger partial charge in [-0.05, 0) is 25.8 Å². The fraction of sp³-hybridized carbons (Fsp3) is 0.643. The zero-order valence-corrected chi connectivity index (χ0v) is 12.1. The molecule has 1 aromatic heterocycles. The fourth-order valence-corrected chi connectivity index (χ4v) is 2.70. The highest BCUT2D eigenvalue weighted by Gasteiger charge is 2.22. The molecule has 0 saturated carbocycles. The average molecular weight is 278 g/mol. The molecular formula is C14H22N4O2. The van der Waals surface area contributed by atoms with E-state index in [0.29, 0.717) is 12.0 Å². The number of rotatable bonds is 6. The Labute approximate surface area is 119 Å². The predicted molar refractivity (Wildman–Crippen MR) is 76.7 cm³/mol. The molecule has 0 aromatic carbocycles. The van der Waals surface area contributed by atoms with Gasteiger partial charge in [-0.15, -0.1) is 0 Å². The van der Waals surface area contributed by atoms with Crippen LogP contribution in [0.4, 0.5) is 5.95 Å². The second-order valence-electron chi connectivity index (χ2n) is 5.32. The van der Waals surface area contributed by atoms with Gasteiger partial charge >= 0.3 is 5.97 Å². The van der Waals surface area contributed by atoms with Gasteiger partial charge < -0.3 is 10.0 Å². The molecule has 0 radical (unpaired) electrons. The first-order valence-electron chi connectivity index (χ1n) is 7.08. The molecule has 1 aliphatic heterocycles. The van der Waals surface area contributed by atoms with Crippen molar-refractivity contribution in [3.63, 3.8) is 0 Å². The number of carbonyl (C=O) groups is 1. The molecule has 2 rings (SSSR count). The van der Waals surface area contributed by atoms with Crippen LogP contribution in [0.5, 0.6) is 0 Å². The Bertz CT molecular complexity index is 449. The van der Waals surface area contributed by atoms with E-state index in [0.717, 1.165) is 18.7 Å². The van der Waals surface area contributed by atoms with Crippen LogP contribution in [-0.2, 0) is 11.3 Å². The molecule has 6 nitrogen and oxygen atoms in total. The van der Waals surface area contributed by atoms with Crippen molar-refractivity contribution in [1.29, 1.82) is 0 Å². The quantitative estimate of drug-likeness (QED) is 0.847. The first-order valence-corrected chi connectivity index (χ1v) is 7.08. The number of carboxylic acid groups (broad SMARTS) is 1. The van der Waals surface area contributed by atoms with Crippen molar-refractivity contribution in [3.8, 4) is 0 Å². The van der Waals surface area contributed by atoms with Gasteiger partial charge in [0.25, 0.3) is 0 Å². The molecule has 1 atom stereocenters. The van der Waals surface area contributed by atoms with Gasteiger partial charge in [-0.1, -0.05) is 6.92 Å². The molecule has 6 heteroatoms. The number of aliphatic carboxylic acids is 1. The van der Waals surface area contributed by atoms with Crippen molar-refractivity contribution < 1.29 is 9.90 Å². The first kappa shape index (κ1) is 14.7. The Kier molecular flexibility index (Phi) is 4.89. The maximum Gasteiger partial charge on any atom is 0.323 e. The Morgan fingerprint density at radius 2 is 2.20 bits per heavy atom. The van der Waals surface area contributed by atoms with Crippen LogP contribution in [-0.4, -0.2) is 52.1 Å². The van der Waals surface area contributed by atoms with Crippen molar-refractivity contribution in [2.75, 3.05) is 25.0 Å². The van der Waals surface area contributed by atoms with Crippen molar-refractivity contribution in [3.05, 3.63) is 18.0 Å². The van der Waals surface area contributed by atoms with Gasteiger partial charge in [0.15, 0.2) is 0 Å². The molecule has 1 aromatic rings. The first-order chi connectivity index (χ1) is 9.60. The van der Waals surface area contributed by atoms with Gasteiger partial charge in [-0.2, -0.15) is 0 Å². The van der Waals surface area contributed by atoms with Gasteiger partial charge in [0.1, 0.15) is 6.54 Å². The molecule has 2 heterocycles. The Morgan fingerprint density at radius 3 is 2.80 bits per heavy atom. The SMILES string of the molecule is CCC1CCCN1Cc1cnc(N(C)CC(=O)O)nc1. The van der Waals surface area contributed by atoms with E-state index in [-0.39, 0.29) is 6.54 Å². The second-order valence-corrected chi connectivity index (χ2v) is 5.32. The zero-order chi connectivity index (χ0) is 14.5. The molecule has 0 spiro atoms. The highest BCUT2D eigenvalue weighted by Crippen LogP contribution is 2.21. The maximum absolute atomic E-state index is 10.6. The minimum absolute atomic E-state index is 0.0939. The molecule has 1 fully saturated rings. The molecule has 1 aliphatic rings. The molecular weight excluding hydrogens is 256 g/mol. The Balaban J connectivity index is 1.96. The van der Waals surface area contributed by atoms with Crippen LogP contribution in [0.2, 0.25) is 0 Å². The summed E-state index contributed by atoms with van der Waals surface area (Å²) in [7, 11) is 1.68. The summed E-state index contributed by atoms with van der Waals surface area (Å²) in [6.45, 7) is 4.15. The second kappa shape index (κ2) is 6.65. The van der Waals surface area contributed by atoms with E-state index in [9.17, 15) is 4.79 Å². The van der Waals surface area contributed by atoms with Crippen molar-refractivity contribution in [1.82, 2.24) is 14.9 Å². The van der Waals surface area contributed by atoms with Gasteiger partial charge in [-0.3, -0.25) is 9.69 Å². The van der Waals surface area contributed by atoms with Crippen LogP contribution in [0.1, 0.15) is 31.7 Å². The third-order valence-corrected chi connectivity index (χ3v) is 3.76. The summed E-state index contributed by atoms with van der Waals surface area (Å²) >= 11 is 0. The number of hydrogen-bond donors (Lipinski definition) is 1. The number of aromatic nitrogens is 2. The third-order valence-electron chi connectivity index (χ3n) is 3.76. The molecule has 0 aliphatic carbocycles. The molecule has 110 valence electrons. The largest absolute Gasteiger partial charge is 0.480 e. The predicted octanol–water partition coefficient (Wildman–Crippen LogP) is 1.37. The Hall–Kier alpha value is -1.69. The fourth-order valence-electron chi connectivity index (χ4n) is 2.70. The summed E-state index contributed by atoms with van der Waals surface area (Å²) in [6.07, 6.45) is 7.31. The van der Waals surface area contributed by atoms with Gasteiger partial charge in [0, 0.05) is 37.6 Å². The van der Waals surface area contributed by atoms with Crippen molar-refractivity contribution >= 4 is 11.9 Å². The van der Waals surface area contributed by atoms with Crippen LogP contribution >= 0.6 is 0 Å². The molecule has 0 amide bonds. The molecule has 1 N–H and O–H groups in total. The van der Waals surface area contributed by atoms with E-state index in [1.54, 1.807) is 19.4 Å². The minimum atomic E-state index is -0.886. The summed E-state index contributed by atoms with van der Waals surface area (Å²) in [6, 6.07) is 0.671. The van der Waals surface area contributed by atoms with Crippen LogP contribution in [0.25, 0.3) is 0 Å². The number of nitrogens with zero attached hydrogens (tertiary/aromatic N) is 4. The average Bonchev–Trinajstić information content (AvgIpc) is 2.86. The molecule has 1 unspecified atom stereocenters. The topological polar surface area (TPSA) is 69.6 Å². The highest BCUT2D eigenvalue weighted by molar-refractivity contribution is 5.72. The summed E-state index contributed by atoms with van der Waals surface area (Å²) in [5.41, 5.74) is 1.08. The third kappa shape index (κ3) is 3.66. The van der Waals surface area contributed by atoms with Gasteiger partial charge in [0.2, 0.25) is 5.95 Å². The summed E-state index contributed by atoms with van der Waals surface area (Å²) in [4.78, 5) is 23.1. The normalized spacial score (nSPS) is 19.2. The van der Waals surface area contributed by atoms with E-state index in [1.807, 2.05) is 0 Å². The number of likely N-dealkylation sites (tertiary alicyclic amines) is 1. The summed E-state index contributed by atoms with van der Waals surface area (Å²) in [5, 5.41) is 8.74. The van der Waals surface area contributed by atoms with E-state index in [1.165, 1.54) is 24.2 Å². The van der Waals surface area contributed by atoms with Crippen molar-refractivity contribution in [2.45, 2.75) is 38.8 Å². The van der Waals surface area contributed by atoms with Crippen LogP contribution in [0, 0.1) is 0 Å². The van der Waals surface area contributed by atoms with Crippen LogP contribution in [0.3, 0.4) is 0 Å². The number of anilines is 1. The maximum atomic E-state index is 10.6. The number of carboxylic acids is 1. The van der Waals surface area contributed by atoms with E-state index in [4.69, 9.17) is 5.11 Å². The lowest BCUT2D eigenvalue weighted by Crippen LogP contribution is -2.29. The number of likely N-dealkylation sites (N-methyl/N-ethyl adjacent to an activating group) is 1. The Morgan fingerprint density at radius 1 is 1.50 bits per heavy atom. The number of hydrogen-bond acceptors (Lipinski definition) is 5. The lowest BCUT2D eigenvalue weighted by atomic mass is 10.1. The van der Waals surface area contributed by atoms with E-state index >= 15 is 0 Å². The zero-order valence-electron chi connectivity index (χ0n) is 12.1. The molecule has 0 bridgehead atoms. The summed E-state index contributed by atoms with van der Waals surface area (Å²) < 4.78 is 0.